The molecule has 0 spiro atoms. The van der Waals surface area contributed by atoms with E-state index >= 15 is 0 Å². The molecule has 1 aromatic heterocycles. The maximum Gasteiger partial charge on any atom is 0.299 e. The second kappa shape index (κ2) is 5.00. The van der Waals surface area contributed by atoms with Crippen molar-refractivity contribution in [2.24, 2.45) is 0 Å². The number of hydrogen-bond donors (Lipinski definition) is 0. The molecule has 21 heavy (non-hydrogen) atoms. The summed E-state index contributed by atoms with van der Waals surface area (Å²) in [6.07, 6.45) is 1.50. The van der Waals surface area contributed by atoms with E-state index in [-0.39, 0.29) is 12.2 Å². The molecular formula is C15H8ClN3O2. The number of aromatic nitrogens is 1. The Bertz CT molecular complexity index is 811. The fraction of sp³-hybridized carbons (Fsp3) is 0.0667. The van der Waals surface area contributed by atoms with Gasteiger partial charge in [0.2, 0.25) is 0 Å². The monoisotopic (exact) mass is 297 g/mol. The van der Waals surface area contributed by atoms with Gasteiger partial charge in [0.15, 0.2) is 0 Å². The summed E-state index contributed by atoms with van der Waals surface area (Å²) in [6, 6.07) is 10.00. The lowest BCUT2D eigenvalue weighted by Gasteiger charge is -2.16. The van der Waals surface area contributed by atoms with E-state index in [1.165, 1.54) is 17.2 Å². The number of anilines is 1. The van der Waals surface area contributed by atoms with Gasteiger partial charge in [-0.3, -0.25) is 9.59 Å². The van der Waals surface area contributed by atoms with Gasteiger partial charge in [-0.2, -0.15) is 5.26 Å². The van der Waals surface area contributed by atoms with Crippen LogP contribution in [0.4, 0.5) is 5.69 Å². The van der Waals surface area contributed by atoms with Crippen LogP contribution in [-0.2, 0) is 11.3 Å². The third-order valence-electron chi connectivity index (χ3n) is 3.21. The number of carbonyl (C=O) groups is 2. The van der Waals surface area contributed by atoms with Crippen molar-refractivity contribution in [1.29, 1.82) is 5.26 Å². The molecule has 2 heterocycles. The number of nitriles is 1. The van der Waals surface area contributed by atoms with E-state index in [2.05, 4.69) is 4.98 Å². The lowest BCUT2D eigenvalue weighted by molar-refractivity contribution is -0.114. The molecule has 0 aliphatic carbocycles. The number of Topliss-reactive ketones (excluding diaryl/α,β-unsaturated/α-hetero) is 1. The minimum atomic E-state index is -0.595. The molecule has 1 aliphatic rings. The predicted octanol–water partition coefficient (Wildman–Crippen LogP) is 2.34. The van der Waals surface area contributed by atoms with Crippen molar-refractivity contribution in [3.8, 4) is 6.07 Å². The van der Waals surface area contributed by atoms with Gasteiger partial charge >= 0.3 is 0 Å². The molecule has 6 heteroatoms. The van der Waals surface area contributed by atoms with Gasteiger partial charge in [0.25, 0.3) is 11.7 Å². The normalized spacial score (nSPS) is 13.2. The molecule has 0 atom stereocenters. The van der Waals surface area contributed by atoms with Crippen molar-refractivity contribution >= 4 is 29.0 Å². The third kappa shape index (κ3) is 2.26. The number of carbonyl (C=O) groups excluding carboxylic acids is 2. The highest BCUT2D eigenvalue weighted by atomic mass is 35.5. The summed E-state index contributed by atoms with van der Waals surface area (Å²) in [5, 5.41) is 9.25. The van der Waals surface area contributed by atoms with Crippen molar-refractivity contribution in [1.82, 2.24) is 4.98 Å². The number of fused-ring (bicyclic) bond motifs is 1. The predicted molar refractivity (Wildman–Crippen MR) is 75.9 cm³/mol. The maximum absolute atomic E-state index is 12.1. The lowest BCUT2D eigenvalue weighted by atomic mass is 10.1. The molecule has 0 fully saturated rings. The van der Waals surface area contributed by atoms with E-state index in [1.807, 2.05) is 6.07 Å². The Balaban J connectivity index is 1.99. The van der Waals surface area contributed by atoms with Gasteiger partial charge in [0.05, 0.1) is 17.8 Å². The molecule has 1 amide bonds. The molecule has 0 unspecified atom stereocenters. The van der Waals surface area contributed by atoms with Crippen LogP contribution in [0.3, 0.4) is 0 Å². The summed E-state index contributed by atoms with van der Waals surface area (Å²) < 4.78 is 0. The smallest absolute Gasteiger partial charge is 0.299 e. The summed E-state index contributed by atoms with van der Waals surface area (Å²) in [7, 11) is 0. The van der Waals surface area contributed by atoms with Crippen molar-refractivity contribution in [3.05, 3.63) is 58.4 Å². The zero-order valence-electron chi connectivity index (χ0n) is 10.7. The van der Waals surface area contributed by atoms with Gasteiger partial charge in [-0.05, 0) is 35.9 Å². The van der Waals surface area contributed by atoms with Crippen LogP contribution in [0, 0.1) is 11.3 Å². The van der Waals surface area contributed by atoms with Gasteiger partial charge in [0, 0.05) is 11.2 Å². The summed E-state index contributed by atoms with van der Waals surface area (Å²) in [6.45, 7) is 0.205. The minimum Gasteiger partial charge on any atom is -0.300 e. The van der Waals surface area contributed by atoms with E-state index in [0.717, 1.165) is 5.56 Å². The Morgan fingerprint density at radius 2 is 2.05 bits per heavy atom. The zero-order chi connectivity index (χ0) is 15.0. The number of amides is 1. The highest BCUT2D eigenvalue weighted by Crippen LogP contribution is 2.32. The second-order valence-electron chi connectivity index (χ2n) is 4.54. The Morgan fingerprint density at radius 1 is 1.24 bits per heavy atom. The van der Waals surface area contributed by atoms with Gasteiger partial charge in [0.1, 0.15) is 11.8 Å². The minimum absolute atomic E-state index is 0.205. The number of ketones is 1. The van der Waals surface area contributed by atoms with Crippen LogP contribution >= 0.6 is 11.6 Å². The molecule has 102 valence electrons. The first-order chi connectivity index (χ1) is 10.1. The summed E-state index contributed by atoms with van der Waals surface area (Å²) in [5.41, 5.74) is 1.83. The molecular weight excluding hydrogens is 290 g/mol. The van der Waals surface area contributed by atoms with Gasteiger partial charge in [-0.15, -0.1) is 0 Å². The lowest BCUT2D eigenvalue weighted by Crippen LogP contribution is -2.29. The highest BCUT2D eigenvalue weighted by molar-refractivity contribution is 6.52. The van der Waals surface area contributed by atoms with E-state index < -0.39 is 11.7 Å². The van der Waals surface area contributed by atoms with Crippen LogP contribution in [0.15, 0.2) is 36.5 Å². The first kappa shape index (κ1) is 13.3. The van der Waals surface area contributed by atoms with E-state index in [9.17, 15) is 9.59 Å². The van der Waals surface area contributed by atoms with E-state index in [4.69, 9.17) is 16.9 Å². The maximum atomic E-state index is 12.1. The fourth-order valence-corrected chi connectivity index (χ4v) is 2.42. The largest absolute Gasteiger partial charge is 0.300 e. The van der Waals surface area contributed by atoms with Crippen molar-refractivity contribution in [2.45, 2.75) is 6.54 Å². The van der Waals surface area contributed by atoms with Crippen LogP contribution in [-0.4, -0.2) is 16.7 Å². The van der Waals surface area contributed by atoms with Crippen LogP contribution in [0.25, 0.3) is 0 Å². The Kier molecular flexibility index (Phi) is 3.16. The molecule has 0 bridgehead atoms. The number of halogens is 1. The standard InChI is InChI=1S/C15H8ClN3O2/c16-10-1-2-13-12(6-10)14(20)15(21)19(13)8-9-3-4-18-11(5-9)7-17/h1-6H,8H2. The quantitative estimate of drug-likeness (QED) is 0.797. The molecule has 1 aliphatic heterocycles. The summed E-state index contributed by atoms with van der Waals surface area (Å²) in [5.74, 6) is -1.16. The van der Waals surface area contributed by atoms with Crippen molar-refractivity contribution in [2.75, 3.05) is 4.90 Å². The van der Waals surface area contributed by atoms with Crippen molar-refractivity contribution in [3.63, 3.8) is 0 Å². The Hall–Kier alpha value is -2.71. The zero-order valence-corrected chi connectivity index (χ0v) is 11.5. The molecule has 0 N–H and O–H groups in total. The first-order valence-electron chi connectivity index (χ1n) is 6.11. The number of nitrogens with zero attached hydrogens (tertiary/aromatic N) is 3. The van der Waals surface area contributed by atoms with E-state index in [0.29, 0.717) is 16.3 Å². The molecule has 2 aromatic rings. The fourth-order valence-electron chi connectivity index (χ4n) is 2.25. The molecule has 0 saturated carbocycles. The molecule has 3 rings (SSSR count). The van der Waals surface area contributed by atoms with Crippen LogP contribution in [0.2, 0.25) is 5.02 Å². The summed E-state index contributed by atoms with van der Waals surface area (Å²) in [4.78, 5) is 29.3. The van der Waals surface area contributed by atoms with Crippen molar-refractivity contribution < 1.29 is 9.59 Å². The van der Waals surface area contributed by atoms with Crippen LogP contribution in [0.1, 0.15) is 21.6 Å². The summed E-state index contributed by atoms with van der Waals surface area (Å²) >= 11 is 5.86. The molecule has 0 saturated heterocycles. The second-order valence-corrected chi connectivity index (χ2v) is 4.98. The Labute approximate surface area is 125 Å². The number of rotatable bonds is 2. The molecule has 5 nitrogen and oxygen atoms in total. The van der Waals surface area contributed by atoms with Gasteiger partial charge in [-0.1, -0.05) is 11.6 Å². The van der Waals surface area contributed by atoms with Crippen LogP contribution < -0.4 is 4.90 Å². The third-order valence-corrected chi connectivity index (χ3v) is 3.45. The topological polar surface area (TPSA) is 74.1 Å². The van der Waals surface area contributed by atoms with Gasteiger partial charge in [-0.25, -0.2) is 4.98 Å². The van der Waals surface area contributed by atoms with E-state index in [1.54, 1.807) is 24.3 Å². The Morgan fingerprint density at radius 3 is 2.81 bits per heavy atom. The number of pyridine rings is 1. The first-order valence-corrected chi connectivity index (χ1v) is 6.48. The average molecular weight is 298 g/mol. The van der Waals surface area contributed by atoms with Crippen LogP contribution in [0.5, 0.6) is 0 Å². The highest BCUT2D eigenvalue weighted by Gasteiger charge is 2.35. The molecule has 0 radical (unpaired) electrons. The number of hydrogen-bond acceptors (Lipinski definition) is 4. The SMILES string of the molecule is N#Cc1cc(CN2C(=O)C(=O)c3cc(Cl)ccc32)ccn1. The molecule has 1 aromatic carbocycles. The van der Waals surface area contributed by atoms with Gasteiger partial charge < -0.3 is 4.90 Å². The number of benzene rings is 1. The average Bonchev–Trinajstić information content (AvgIpc) is 2.72.